The van der Waals surface area contributed by atoms with Crippen LogP contribution in [-0.2, 0) is 0 Å². The summed E-state index contributed by atoms with van der Waals surface area (Å²) >= 11 is 0. The fourth-order valence-corrected chi connectivity index (χ4v) is 2.01. The van der Waals surface area contributed by atoms with Crippen molar-refractivity contribution in [3.8, 4) is 11.1 Å². The average Bonchev–Trinajstić information content (AvgIpc) is 2.39. The maximum absolute atomic E-state index is 9.34. The summed E-state index contributed by atoms with van der Waals surface area (Å²) < 4.78 is 0. The molecular weight excluding hydrogens is 220 g/mol. The summed E-state index contributed by atoms with van der Waals surface area (Å²) in [7, 11) is 0. The first-order chi connectivity index (χ1) is 8.66. The third-order valence-electron chi connectivity index (χ3n) is 2.94. The largest absolute Gasteiger partial charge is 0.389 e. The Morgan fingerprint density at radius 3 is 2.06 bits per heavy atom. The van der Waals surface area contributed by atoms with Crippen LogP contribution in [0.15, 0.2) is 60.7 Å². The van der Waals surface area contributed by atoms with E-state index in [4.69, 9.17) is 0 Å². The lowest BCUT2D eigenvalue weighted by Gasteiger charge is -2.06. The second-order valence-corrected chi connectivity index (χ2v) is 4.53. The third-order valence-corrected chi connectivity index (χ3v) is 2.94. The first-order valence-electron chi connectivity index (χ1n) is 6.19. The second kappa shape index (κ2) is 5.65. The van der Waals surface area contributed by atoms with Crippen molar-refractivity contribution in [3.05, 3.63) is 66.2 Å². The molecule has 0 aliphatic carbocycles. The summed E-state index contributed by atoms with van der Waals surface area (Å²) in [4.78, 5) is 0. The van der Waals surface area contributed by atoms with Gasteiger partial charge in [-0.1, -0.05) is 60.7 Å². The molecule has 1 heteroatoms. The Balaban J connectivity index is 2.26. The lowest BCUT2D eigenvalue weighted by molar-refractivity contribution is 0.244. The van der Waals surface area contributed by atoms with Crippen molar-refractivity contribution in [1.29, 1.82) is 0 Å². The van der Waals surface area contributed by atoms with Gasteiger partial charge in [0.25, 0.3) is 0 Å². The third kappa shape index (κ3) is 3.08. The minimum Gasteiger partial charge on any atom is -0.389 e. The summed E-state index contributed by atoms with van der Waals surface area (Å²) in [5.74, 6) is 0. The van der Waals surface area contributed by atoms with Crippen LogP contribution in [0.1, 0.15) is 19.4 Å². The second-order valence-electron chi connectivity index (χ2n) is 4.53. The van der Waals surface area contributed by atoms with Gasteiger partial charge in [0.05, 0.1) is 6.10 Å². The Kier molecular flexibility index (Phi) is 3.96. The van der Waals surface area contributed by atoms with Gasteiger partial charge in [-0.25, -0.2) is 0 Å². The first-order valence-corrected chi connectivity index (χ1v) is 6.19. The van der Waals surface area contributed by atoms with Crippen molar-refractivity contribution in [3.63, 3.8) is 0 Å². The van der Waals surface area contributed by atoms with E-state index in [1.807, 2.05) is 31.2 Å². The molecular formula is C17H18O. The number of allylic oxidation sites excluding steroid dienone is 1. The smallest absolute Gasteiger partial charge is 0.0698 e. The van der Waals surface area contributed by atoms with E-state index in [-0.39, 0.29) is 0 Å². The van der Waals surface area contributed by atoms with E-state index >= 15 is 0 Å². The highest BCUT2D eigenvalue weighted by Crippen LogP contribution is 2.22. The van der Waals surface area contributed by atoms with Crippen molar-refractivity contribution in [1.82, 2.24) is 0 Å². The molecule has 0 spiro atoms. The van der Waals surface area contributed by atoms with Crippen molar-refractivity contribution >= 4 is 5.57 Å². The molecule has 0 aliphatic heterocycles. The molecule has 2 aromatic rings. The number of aliphatic hydroxyl groups is 1. The lowest BCUT2D eigenvalue weighted by Crippen LogP contribution is -1.94. The molecule has 0 amide bonds. The van der Waals surface area contributed by atoms with Crippen LogP contribution < -0.4 is 0 Å². The van der Waals surface area contributed by atoms with E-state index in [0.717, 1.165) is 11.1 Å². The van der Waals surface area contributed by atoms with Crippen LogP contribution in [0.2, 0.25) is 0 Å². The summed E-state index contributed by atoms with van der Waals surface area (Å²) in [6.07, 6.45) is 1.45. The van der Waals surface area contributed by atoms with Crippen LogP contribution in [0.3, 0.4) is 0 Å². The van der Waals surface area contributed by atoms with Crippen molar-refractivity contribution in [2.75, 3.05) is 0 Å². The van der Waals surface area contributed by atoms with E-state index in [1.54, 1.807) is 6.92 Å². The molecule has 0 aliphatic rings. The molecule has 0 aromatic heterocycles. The number of hydrogen-bond donors (Lipinski definition) is 1. The highest BCUT2D eigenvalue weighted by molar-refractivity contribution is 5.69. The van der Waals surface area contributed by atoms with Gasteiger partial charge in [-0.05, 0) is 36.1 Å². The predicted molar refractivity (Wildman–Crippen MR) is 77.2 cm³/mol. The predicted octanol–water partition coefficient (Wildman–Crippen LogP) is 4.14. The molecule has 1 unspecified atom stereocenters. The van der Waals surface area contributed by atoms with Gasteiger partial charge < -0.3 is 5.11 Å². The Hall–Kier alpha value is -1.86. The molecule has 0 fully saturated rings. The maximum atomic E-state index is 9.34. The van der Waals surface area contributed by atoms with Gasteiger partial charge in [-0.2, -0.15) is 0 Å². The molecule has 92 valence electrons. The van der Waals surface area contributed by atoms with Gasteiger partial charge in [0.1, 0.15) is 0 Å². The van der Waals surface area contributed by atoms with Crippen LogP contribution in [0.4, 0.5) is 0 Å². The lowest BCUT2D eigenvalue weighted by atomic mass is 10.0. The fourth-order valence-electron chi connectivity index (χ4n) is 2.01. The van der Waals surface area contributed by atoms with Crippen molar-refractivity contribution < 1.29 is 5.11 Å². The quantitative estimate of drug-likeness (QED) is 0.852. The molecule has 1 nitrogen and oxygen atoms in total. The van der Waals surface area contributed by atoms with E-state index in [2.05, 4.69) is 36.4 Å². The van der Waals surface area contributed by atoms with Crippen LogP contribution >= 0.6 is 0 Å². The van der Waals surface area contributed by atoms with Gasteiger partial charge in [0.2, 0.25) is 0 Å². The number of rotatable bonds is 3. The topological polar surface area (TPSA) is 20.2 Å². The molecule has 0 saturated carbocycles. The number of aliphatic hydroxyl groups excluding tert-OH is 1. The zero-order chi connectivity index (χ0) is 13.0. The number of benzene rings is 2. The summed E-state index contributed by atoms with van der Waals surface area (Å²) in [6.45, 7) is 3.78. The van der Waals surface area contributed by atoms with Crippen molar-refractivity contribution in [2.45, 2.75) is 20.0 Å². The van der Waals surface area contributed by atoms with Crippen LogP contribution in [0.25, 0.3) is 16.7 Å². The van der Waals surface area contributed by atoms with Gasteiger partial charge in [0, 0.05) is 0 Å². The molecule has 1 N–H and O–H groups in total. The maximum Gasteiger partial charge on any atom is 0.0698 e. The van der Waals surface area contributed by atoms with E-state index in [0.29, 0.717) is 0 Å². The van der Waals surface area contributed by atoms with Crippen molar-refractivity contribution in [2.24, 2.45) is 0 Å². The Labute approximate surface area is 108 Å². The van der Waals surface area contributed by atoms with Crippen LogP contribution in [0, 0.1) is 0 Å². The minimum absolute atomic E-state index is 0.404. The Morgan fingerprint density at radius 2 is 1.50 bits per heavy atom. The van der Waals surface area contributed by atoms with Crippen LogP contribution in [0.5, 0.6) is 0 Å². The average molecular weight is 238 g/mol. The monoisotopic (exact) mass is 238 g/mol. The molecule has 0 heterocycles. The summed E-state index contributed by atoms with van der Waals surface area (Å²) in [5.41, 5.74) is 4.69. The molecule has 0 saturated heterocycles. The molecule has 0 bridgehead atoms. The van der Waals surface area contributed by atoms with Gasteiger partial charge >= 0.3 is 0 Å². The molecule has 0 radical (unpaired) electrons. The summed E-state index contributed by atoms with van der Waals surface area (Å²) in [6, 6.07) is 18.7. The minimum atomic E-state index is -0.404. The highest BCUT2D eigenvalue weighted by Gasteiger charge is 2.00. The number of hydrogen-bond acceptors (Lipinski definition) is 1. The van der Waals surface area contributed by atoms with Gasteiger partial charge in [-0.15, -0.1) is 0 Å². The normalized spacial score (nSPS) is 13.4. The fraction of sp³-hybridized carbons (Fsp3) is 0.176. The Bertz CT molecular complexity index is 521. The standard InChI is InChI=1S/C17H18O/c1-13(12-14(2)18)15-8-10-17(11-9-15)16-6-4-3-5-7-16/h3-12,14,18H,1-2H3/b13-12-. The van der Waals surface area contributed by atoms with Gasteiger partial charge in [-0.3, -0.25) is 0 Å². The van der Waals surface area contributed by atoms with E-state index in [9.17, 15) is 5.11 Å². The summed E-state index contributed by atoms with van der Waals surface area (Å²) in [5, 5.41) is 9.34. The van der Waals surface area contributed by atoms with Crippen LogP contribution in [-0.4, -0.2) is 11.2 Å². The Morgan fingerprint density at radius 1 is 0.944 bits per heavy atom. The molecule has 2 rings (SSSR count). The van der Waals surface area contributed by atoms with E-state index < -0.39 is 6.10 Å². The van der Waals surface area contributed by atoms with Gasteiger partial charge in [0.15, 0.2) is 0 Å². The SMILES string of the molecule is C/C(=C/C(C)O)c1ccc(-c2ccccc2)cc1. The van der Waals surface area contributed by atoms with E-state index in [1.165, 1.54) is 11.1 Å². The first kappa shape index (κ1) is 12.6. The molecule has 18 heavy (non-hydrogen) atoms. The zero-order valence-corrected chi connectivity index (χ0v) is 10.8. The molecule has 2 aromatic carbocycles. The zero-order valence-electron chi connectivity index (χ0n) is 10.8. The highest BCUT2D eigenvalue weighted by atomic mass is 16.3. The molecule has 1 atom stereocenters.